The first-order chi connectivity index (χ1) is 14.1. The summed E-state index contributed by atoms with van der Waals surface area (Å²) in [6.45, 7) is 0. The number of hydrogen-bond acceptors (Lipinski definition) is 5. The Morgan fingerprint density at radius 1 is 1.10 bits per heavy atom. The first-order valence-corrected chi connectivity index (χ1v) is 10.5. The van der Waals surface area contributed by atoms with Gasteiger partial charge in [0.2, 0.25) is 11.8 Å². The Kier molecular flexibility index (Phi) is 3.39. The third-order valence-electron chi connectivity index (χ3n) is 7.73. The van der Waals surface area contributed by atoms with Crippen LogP contribution in [0.4, 0.5) is 0 Å². The lowest BCUT2D eigenvalue weighted by Gasteiger charge is -2.56. The summed E-state index contributed by atoms with van der Waals surface area (Å²) in [5.74, 6) is 2.87. The van der Waals surface area contributed by atoms with E-state index in [1.165, 1.54) is 38.5 Å². The monoisotopic (exact) mass is 388 g/mol. The third-order valence-corrected chi connectivity index (χ3v) is 7.73. The maximum absolute atomic E-state index is 9.89. The molecule has 148 valence electrons. The molecule has 0 unspecified atom stereocenters. The van der Waals surface area contributed by atoms with Gasteiger partial charge in [0.15, 0.2) is 0 Å². The lowest BCUT2D eigenvalue weighted by molar-refractivity contribution is -0.00768. The molecule has 4 fully saturated rings. The van der Waals surface area contributed by atoms with Crippen LogP contribution in [0.3, 0.4) is 0 Å². The summed E-state index contributed by atoms with van der Waals surface area (Å²) < 4.78 is 5.80. The number of aromatic amines is 1. The number of rotatable bonds is 2. The highest BCUT2D eigenvalue weighted by Crippen LogP contribution is 2.62. The number of nitrogens with zero attached hydrogens (tertiary/aromatic N) is 2. The molecule has 1 aliphatic heterocycles. The Morgan fingerprint density at radius 3 is 2.31 bits per heavy atom. The van der Waals surface area contributed by atoms with E-state index in [9.17, 15) is 10.4 Å². The predicted octanol–water partition coefficient (Wildman–Crippen LogP) is 3.80. The molecule has 0 radical (unpaired) electrons. The lowest BCUT2D eigenvalue weighted by atomic mass is 9.48. The Labute approximate surface area is 169 Å². The molecule has 0 amide bonds. The van der Waals surface area contributed by atoms with Crippen LogP contribution in [0.2, 0.25) is 0 Å². The van der Waals surface area contributed by atoms with E-state index in [1.54, 1.807) is 12.1 Å². The maximum atomic E-state index is 9.89. The fourth-order valence-electron chi connectivity index (χ4n) is 7.07. The van der Waals surface area contributed by atoms with Crippen molar-refractivity contribution in [3.63, 3.8) is 0 Å². The predicted molar refractivity (Wildman–Crippen MR) is 106 cm³/mol. The number of benzene rings is 1. The van der Waals surface area contributed by atoms with Gasteiger partial charge in [0.1, 0.15) is 17.4 Å². The van der Waals surface area contributed by atoms with Gasteiger partial charge in [-0.1, -0.05) is 12.1 Å². The molecule has 0 saturated heterocycles. The van der Waals surface area contributed by atoms with Gasteiger partial charge in [-0.25, -0.2) is 0 Å². The number of hydrogen-bond donors (Lipinski definition) is 3. The molecule has 2 heterocycles. The second kappa shape index (κ2) is 5.79. The van der Waals surface area contributed by atoms with E-state index in [0.717, 1.165) is 34.6 Å². The molecule has 1 aromatic carbocycles. The summed E-state index contributed by atoms with van der Waals surface area (Å²) in [5.41, 5.74) is 9.64. The van der Waals surface area contributed by atoms with Crippen LogP contribution in [0.5, 0.6) is 11.6 Å². The SMILES string of the molecule is N#CC1=C(N)Oc2n[nH]c(C34CC5CC(CC(C5)C3)C4)c2[C@@H]1c1ccc(O)cc1. The molecule has 4 N–H and O–H groups in total. The van der Waals surface area contributed by atoms with Crippen LogP contribution in [0, 0.1) is 29.1 Å². The van der Waals surface area contributed by atoms with E-state index in [-0.39, 0.29) is 23.0 Å². The van der Waals surface area contributed by atoms with Gasteiger partial charge in [0.05, 0.1) is 11.5 Å². The number of allylic oxidation sites excluding steroid dienone is 1. The highest BCUT2D eigenvalue weighted by Gasteiger charge is 2.54. The van der Waals surface area contributed by atoms with Crippen molar-refractivity contribution < 1.29 is 9.84 Å². The van der Waals surface area contributed by atoms with Gasteiger partial charge in [0.25, 0.3) is 0 Å². The molecule has 2 aromatic rings. The van der Waals surface area contributed by atoms with Crippen molar-refractivity contribution in [3.05, 3.63) is 52.5 Å². The van der Waals surface area contributed by atoms with Crippen molar-refractivity contribution in [2.24, 2.45) is 23.5 Å². The third kappa shape index (κ3) is 2.37. The van der Waals surface area contributed by atoms with Crippen LogP contribution < -0.4 is 10.5 Å². The minimum absolute atomic E-state index is 0.0977. The van der Waals surface area contributed by atoms with Crippen molar-refractivity contribution in [2.45, 2.75) is 49.9 Å². The average Bonchev–Trinajstić information content (AvgIpc) is 3.11. The lowest BCUT2D eigenvalue weighted by Crippen LogP contribution is -2.49. The number of phenolic OH excluding ortho intramolecular Hbond substituents is 1. The van der Waals surface area contributed by atoms with Gasteiger partial charge in [-0.3, -0.25) is 5.10 Å². The highest BCUT2D eigenvalue weighted by molar-refractivity contribution is 5.57. The van der Waals surface area contributed by atoms with E-state index in [4.69, 9.17) is 10.5 Å². The Morgan fingerprint density at radius 2 is 1.72 bits per heavy atom. The molecule has 1 aromatic heterocycles. The average molecular weight is 388 g/mol. The van der Waals surface area contributed by atoms with Gasteiger partial charge < -0.3 is 15.6 Å². The molecule has 4 saturated carbocycles. The molecule has 29 heavy (non-hydrogen) atoms. The zero-order chi connectivity index (χ0) is 19.8. The van der Waals surface area contributed by atoms with E-state index in [1.807, 2.05) is 12.1 Å². The minimum atomic E-state index is -0.328. The van der Waals surface area contributed by atoms with Crippen molar-refractivity contribution in [2.75, 3.05) is 0 Å². The maximum Gasteiger partial charge on any atom is 0.244 e. The van der Waals surface area contributed by atoms with Gasteiger partial charge in [-0.15, -0.1) is 5.10 Å². The summed E-state index contributed by atoms with van der Waals surface area (Å²) >= 11 is 0. The second-order valence-electron chi connectivity index (χ2n) is 9.53. The number of nitrogens with two attached hydrogens (primary N) is 1. The number of aromatic nitrogens is 2. The highest BCUT2D eigenvalue weighted by atomic mass is 16.5. The number of phenols is 1. The van der Waals surface area contributed by atoms with Crippen molar-refractivity contribution >= 4 is 0 Å². The second-order valence-corrected chi connectivity index (χ2v) is 9.53. The van der Waals surface area contributed by atoms with Crippen LogP contribution >= 0.6 is 0 Å². The number of nitriles is 1. The standard InChI is InChI=1S/C23H24N4O2/c24-11-17-18(15-1-3-16(28)4-2-15)19-20(26-27-22(19)29-21(17)25)23-8-12-5-13(9-23)7-14(6-12)10-23/h1-4,12-14,18,28H,5-10,25H2,(H,26,27)/t12?,13?,14?,18-,23?/m1/s1. The molecular formula is C23H24N4O2. The van der Waals surface area contributed by atoms with Crippen LogP contribution in [0.15, 0.2) is 35.7 Å². The Bertz CT molecular complexity index is 1020. The fraction of sp³-hybridized carbons (Fsp3) is 0.478. The number of ether oxygens (including phenoxy) is 1. The molecular weight excluding hydrogens is 364 g/mol. The molecule has 6 nitrogen and oxygen atoms in total. The normalized spacial score (nSPS) is 34.6. The minimum Gasteiger partial charge on any atom is -0.508 e. The quantitative estimate of drug-likeness (QED) is 0.725. The zero-order valence-electron chi connectivity index (χ0n) is 16.2. The molecule has 6 heteroatoms. The summed E-state index contributed by atoms with van der Waals surface area (Å²) in [6, 6.07) is 9.29. The van der Waals surface area contributed by atoms with Gasteiger partial charge in [-0.2, -0.15) is 5.26 Å². The zero-order valence-corrected chi connectivity index (χ0v) is 16.2. The van der Waals surface area contributed by atoms with Crippen LogP contribution in [0.25, 0.3) is 0 Å². The van der Waals surface area contributed by atoms with E-state index in [2.05, 4.69) is 16.3 Å². The van der Waals surface area contributed by atoms with Crippen molar-refractivity contribution in [3.8, 4) is 17.7 Å². The first-order valence-electron chi connectivity index (χ1n) is 10.5. The smallest absolute Gasteiger partial charge is 0.244 e. The number of aromatic hydroxyl groups is 1. The molecule has 1 atom stereocenters. The summed E-state index contributed by atoms with van der Waals surface area (Å²) in [7, 11) is 0. The fourth-order valence-corrected chi connectivity index (χ4v) is 7.07. The van der Waals surface area contributed by atoms with Crippen molar-refractivity contribution in [1.29, 1.82) is 5.26 Å². The number of nitrogens with one attached hydrogen (secondary N) is 1. The topological polar surface area (TPSA) is 108 Å². The number of H-pyrrole nitrogens is 1. The van der Waals surface area contributed by atoms with Crippen LogP contribution in [0.1, 0.15) is 61.3 Å². The Hall–Kier alpha value is -2.94. The first kappa shape index (κ1) is 17.0. The van der Waals surface area contributed by atoms with Crippen molar-refractivity contribution in [1.82, 2.24) is 10.2 Å². The van der Waals surface area contributed by atoms with E-state index >= 15 is 0 Å². The van der Waals surface area contributed by atoms with Crippen LogP contribution in [-0.4, -0.2) is 15.3 Å². The molecule has 5 aliphatic rings. The molecule has 0 spiro atoms. The molecule has 7 rings (SSSR count). The van der Waals surface area contributed by atoms with Gasteiger partial charge >= 0.3 is 0 Å². The largest absolute Gasteiger partial charge is 0.508 e. The summed E-state index contributed by atoms with van der Waals surface area (Å²) in [4.78, 5) is 0. The Balaban J connectivity index is 1.53. The summed E-state index contributed by atoms with van der Waals surface area (Å²) in [5, 5.41) is 27.5. The van der Waals surface area contributed by atoms with Crippen LogP contribution in [-0.2, 0) is 5.41 Å². The number of fused-ring (bicyclic) bond motifs is 1. The van der Waals surface area contributed by atoms with Gasteiger partial charge in [-0.05, 0) is 74.0 Å². The van der Waals surface area contributed by atoms with E-state index in [0.29, 0.717) is 11.5 Å². The van der Waals surface area contributed by atoms with Gasteiger partial charge in [0, 0.05) is 11.1 Å². The molecule has 4 bridgehead atoms. The summed E-state index contributed by atoms with van der Waals surface area (Å²) in [6.07, 6.45) is 7.67. The van der Waals surface area contributed by atoms with E-state index < -0.39 is 0 Å². The molecule has 4 aliphatic carbocycles.